The Hall–Kier alpha value is -1.46. The van der Waals surface area contributed by atoms with Crippen LogP contribution in [0.5, 0.6) is 0 Å². The molecule has 1 aromatic rings. The van der Waals surface area contributed by atoms with Gasteiger partial charge in [0.15, 0.2) is 0 Å². The van der Waals surface area contributed by atoms with Crippen LogP contribution in [0.4, 0.5) is 4.39 Å². The number of amides is 1. The van der Waals surface area contributed by atoms with Crippen LogP contribution < -0.4 is 11.1 Å². The molecule has 3 atom stereocenters. The molecule has 5 heteroatoms. The maximum atomic E-state index is 12.8. The molecule has 1 amide bonds. The van der Waals surface area contributed by atoms with Crippen molar-refractivity contribution in [2.45, 2.75) is 37.8 Å². The predicted molar refractivity (Wildman–Crippen MR) is 74.3 cm³/mol. The Morgan fingerprint density at radius 3 is 2.75 bits per heavy atom. The van der Waals surface area contributed by atoms with Gasteiger partial charge in [0.1, 0.15) is 5.82 Å². The van der Waals surface area contributed by atoms with Crippen LogP contribution in [-0.2, 0) is 4.79 Å². The Morgan fingerprint density at radius 1 is 1.40 bits per heavy atom. The van der Waals surface area contributed by atoms with Gasteiger partial charge >= 0.3 is 0 Å². The van der Waals surface area contributed by atoms with Gasteiger partial charge in [-0.2, -0.15) is 0 Å². The van der Waals surface area contributed by atoms with Gasteiger partial charge in [0.25, 0.3) is 0 Å². The molecule has 3 unspecified atom stereocenters. The normalized spacial score (nSPS) is 24.1. The molecular weight excluding hydrogens is 259 g/mol. The zero-order valence-electron chi connectivity index (χ0n) is 11.4. The van der Waals surface area contributed by atoms with Crippen LogP contribution in [0.3, 0.4) is 0 Å². The SMILES string of the molecule is NC1CCCC(C(=O)NCC(O)c2ccc(F)cc2)C1. The van der Waals surface area contributed by atoms with E-state index in [1.54, 1.807) is 0 Å². The third kappa shape index (κ3) is 4.02. The summed E-state index contributed by atoms with van der Waals surface area (Å²) in [7, 11) is 0. The molecule has 0 aliphatic heterocycles. The summed E-state index contributed by atoms with van der Waals surface area (Å²) in [5, 5.41) is 12.7. The highest BCUT2D eigenvalue weighted by Gasteiger charge is 2.25. The molecule has 0 spiro atoms. The van der Waals surface area contributed by atoms with Gasteiger partial charge in [0.2, 0.25) is 5.91 Å². The minimum absolute atomic E-state index is 0.0543. The number of halogens is 1. The molecule has 110 valence electrons. The number of hydrogen-bond acceptors (Lipinski definition) is 3. The van der Waals surface area contributed by atoms with Crippen molar-refractivity contribution < 1.29 is 14.3 Å². The van der Waals surface area contributed by atoms with Gasteiger partial charge in [-0.15, -0.1) is 0 Å². The molecule has 1 aliphatic rings. The van der Waals surface area contributed by atoms with Crippen molar-refractivity contribution >= 4 is 5.91 Å². The van der Waals surface area contributed by atoms with Crippen LogP contribution in [-0.4, -0.2) is 23.6 Å². The van der Waals surface area contributed by atoms with Crippen LogP contribution in [0.15, 0.2) is 24.3 Å². The second-order valence-electron chi connectivity index (χ2n) is 5.44. The summed E-state index contributed by atoms with van der Waals surface area (Å²) in [6, 6.07) is 5.72. The fourth-order valence-corrected chi connectivity index (χ4v) is 2.61. The van der Waals surface area contributed by atoms with E-state index >= 15 is 0 Å². The molecule has 2 rings (SSSR count). The monoisotopic (exact) mass is 280 g/mol. The smallest absolute Gasteiger partial charge is 0.223 e. The highest BCUT2D eigenvalue weighted by Crippen LogP contribution is 2.23. The molecule has 1 aromatic carbocycles. The van der Waals surface area contributed by atoms with Gasteiger partial charge in [-0.05, 0) is 37.0 Å². The first-order chi connectivity index (χ1) is 9.56. The number of benzene rings is 1. The lowest BCUT2D eigenvalue weighted by Crippen LogP contribution is -2.39. The standard InChI is InChI=1S/C15H21FN2O2/c16-12-6-4-10(5-7-12)14(19)9-18-15(20)11-2-1-3-13(17)8-11/h4-7,11,13-14,19H,1-3,8-9,17H2,(H,18,20). The highest BCUT2D eigenvalue weighted by molar-refractivity contribution is 5.78. The second-order valence-corrected chi connectivity index (χ2v) is 5.44. The number of carbonyl (C=O) groups excluding carboxylic acids is 1. The number of aliphatic hydroxyl groups excluding tert-OH is 1. The van der Waals surface area contributed by atoms with E-state index in [0.717, 1.165) is 19.3 Å². The Labute approximate surface area is 118 Å². The van der Waals surface area contributed by atoms with E-state index < -0.39 is 6.10 Å². The van der Waals surface area contributed by atoms with Crippen molar-refractivity contribution in [3.05, 3.63) is 35.6 Å². The van der Waals surface area contributed by atoms with Gasteiger partial charge in [-0.1, -0.05) is 18.6 Å². The number of nitrogens with one attached hydrogen (secondary N) is 1. The summed E-state index contributed by atoms with van der Waals surface area (Å²) in [4.78, 5) is 12.0. The first-order valence-electron chi connectivity index (χ1n) is 7.03. The lowest BCUT2D eigenvalue weighted by Gasteiger charge is -2.26. The van der Waals surface area contributed by atoms with Crippen molar-refractivity contribution in [3.8, 4) is 0 Å². The number of aliphatic hydroxyl groups is 1. The van der Waals surface area contributed by atoms with E-state index in [9.17, 15) is 14.3 Å². The predicted octanol–water partition coefficient (Wildman–Crippen LogP) is 1.49. The second kappa shape index (κ2) is 6.81. The molecule has 0 bridgehead atoms. The molecule has 0 saturated heterocycles. The van der Waals surface area contributed by atoms with Crippen molar-refractivity contribution in [1.82, 2.24) is 5.32 Å². The Bertz CT molecular complexity index is 450. The highest BCUT2D eigenvalue weighted by atomic mass is 19.1. The average Bonchev–Trinajstić information content (AvgIpc) is 2.45. The molecule has 1 aliphatic carbocycles. The van der Waals surface area contributed by atoms with Crippen molar-refractivity contribution in [2.75, 3.05) is 6.54 Å². The number of nitrogens with two attached hydrogens (primary N) is 1. The van der Waals surface area contributed by atoms with E-state index in [1.165, 1.54) is 24.3 Å². The lowest BCUT2D eigenvalue weighted by atomic mass is 9.85. The minimum atomic E-state index is -0.822. The fourth-order valence-electron chi connectivity index (χ4n) is 2.61. The maximum absolute atomic E-state index is 12.8. The van der Waals surface area contributed by atoms with Gasteiger partial charge in [-0.25, -0.2) is 4.39 Å². The van der Waals surface area contributed by atoms with Gasteiger partial charge < -0.3 is 16.2 Å². The zero-order chi connectivity index (χ0) is 14.5. The van der Waals surface area contributed by atoms with E-state index in [1.807, 2.05) is 0 Å². The molecule has 1 saturated carbocycles. The van der Waals surface area contributed by atoms with Crippen LogP contribution in [0, 0.1) is 11.7 Å². The first-order valence-corrected chi connectivity index (χ1v) is 7.03. The molecular formula is C15H21FN2O2. The first kappa shape index (κ1) is 14.9. The summed E-state index contributed by atoms with van der Waals surface area (Å²) in [5.41, 5.74) is 6.45. The average molecular weight is 280 g/mol. The van der Waals surface area contributed by atoms with E-state index in [2.05, 4.69) is 5.32 Å². The van der Waals surface area contributed by atoms with E-state index in [0.29, 0.717) is 12.0 Å². The van der Waals surface area contributed by atoms with Gasteiger partial charge in [0, 0.05) is 18.5 Å². The maximum Gasteiger partial charge on any atom is 0.223 e. The summed E-state index contributed by atoms with van der Waals surface area (Å²) < 4.78 is 12.8. The van der Waals surface area contributed by atoms with Crippen LogP contribution in [0.1, 0.15) is 37.4 Å². The molecule has 0 heterocycles. The van der Waals surface area contributed by atoms with Gasteiger partial charge in [0.05, 0.1) is 6.10 Å². The molecule has 20 heavy (non-hydrogen) atoms. The third-order valence-electron chi connectivity index (χ3n) is 3.81. The lowest BCUT2D eigenvalue weighted by molar-refractivity contribution is -0.126. The summed E-state index contributed by atoms with van der Waals surface area (Å²) in [6.45, 7) is 0.135. The third-order valence-corrected chi connectivity index (χ3v) is 3.81. The van der Waals surface area contributed by atoms with Crippen molar-refractivity contribution in [3.63, 3.8) is 0 Å². The number of rotatable bonds is 4. The van der Waals surface area contributed by atoms with E-state index in [4.69, 9.17) is 5.73 Å². The molecule has 0 aromatic heterocycles. The topological polar surface area (TPSA) is 75.4 Å². The number of hydrogen-bond donors (Lipinski definition) is 3. The minimum Gasteiger partial charge on any atom is -0.387 e. The van der Waals surface area contributed by atoms with Crippen LogP contribution in [0.2, 0.25) is 0 Å². The largest absolute Gasteiger partial charge is 0.387 e. The van der Waals surface area contributed by atoms with Crippen LogP contribution in [0.25, 0.3) is 0 Å². The number of carbonyl (C=O) groups is 1. The van der Waals surface area contributed by atoms with Crippen LogP contribution >= 0.6 is 0 Å². The summed E-state index contributed by atoms with van der Waals surface area (Å²) in [5.74, 6) is -0.457. The van der Waals surface area contributed by atoms with Gasteiger partial charge in [-0.3, -0.25) is 4.79 Å². The van der Waals surface area contributed by atoms with Crippen molar-refractivity contribution in [2.24, 2.45) is 11.7 Å². The molecule has 4 N–H and O–H groups in total. The summed E-state index contributed by atoms with van der Waals surface area (Å²) >= 11 is 0. The molecule has 1 fully saturated rings. The molecule has 4 nitrogen and oxygen atoms in total. The Morgan fingerprint density at radius 2 is 2.10 bits per heavy atom. The van der Waals surface area contributed by atoms with E-state index in [-0.39, 0.29) is 30.2 Å². The quantitative estimate of drug-likeness (QED) is 0.782. The Balaban J connectivity index is 1.82. The fraction of sp³-hybridized carbons (Fsp3) is 0.533. The Kier molecular flexibility index (Phi) is 5.09. The molecule has 0 radical (unpaired) electrons. The summed E-state index contributed by atoms with van der Waals surface area (Å²) in [6.07, 6.45) is 2.68. The van der Waals surface area contributed by atoms with Crippen molar-refractivity contribution in [1.29, 1.82) is 0 Å². The zero-order valence-corrected chi connectivity index (χ0v) is 11.4.